The smallest absolute Gasteiger partial charge is 0.328 e. The molecule has 0 aliphatic rings. The number of nitrogens with two attached hydrogens (primary N) is 1. The summed E-state index contributed by atoms with van der Waals surface area (Å²) in [5.41, 5.74) is 5.61. The zero-order valence-electron chi connectivity index (χ0n) is 11.9. The van der Waals surface area contributed by atoms with Crippen LogP contribution in [0, 0.1) is 5.92 Å². The topological polar surface area (TPSA) is 81.4 Å². The van der Waals surface area contributed by atoms with Gasteiger partial charge in [0.15, 0.2) is 0 Å². The van der Waals surface area contributed by atoms with E-state index < -0.39 is 6.04 Å². The van der Waals surface area contributed by atoms with Crippen LogP contribution in [0.3, 0.4) is 0 Å². The minimum absolute atomic E-state index is 0.0647. The first-order valence-corrected chi connectivity index (χ1v) is 6.55. The molecule has 3 atom stereocenters. The normalized spacial score (nSPS) is 15.6. The molecule has 0 aliphatic heterocycles. The first kappa shape index (κ1) is 16.9. The van der Waals surface area contributed by atoms with E-state index in [1.54, 1.807) is 0 Å². The Labute approximate surface area is 109 Å². The van der Waals surface area contributed by atoms with Crippen LogP contribution in [0.5, 0.6) is 0 Å². The lowest BCUT2D eigenvalue weighted by atomic mass is 9.99. The molecule has 0 saturated heterocycles. The van der Waals surface area contributed by atoms with Gasteiger partial charge in [0.2, 0.25) is 5.91 Å². The van der Waals surface area contributed by atoms with Crippen molar-refractivity contribution in [2.75, 3.05) is 7.11 Å². The third-order valence-corrected chi connectivity index (χ3v) is 3.05. The number of methoxy groups -OCH3 is 1. The van der Waals surface area contributed by atoms with Gasteiger partial charge in [-0.05, 0) is 25.7 Å². The third-order valence-electron chi connectivity index (χ3n) is 3.05. The highest BCUT2D eigenvalue weighted by molar-refractivity contribution is 5.84. The van der Waals surface area contributed by atoms with Crippen LogP contribution < -0.4 is 11.1 Å². The summed E-state index contributed by atoms with van der Waals surface area (Å²) in [7, 11) is 1.33. The van der Waals surface area contributed by atoms with Crippen molar-refractivity contribution in [2.45, 2.75) is 58.5 Å². The maximum absolute atomic E-state index is 11.7. The molecular weight excluding hydrogens is 232 g/mol. The predicted octanol–water partition coefficient (Wildman–Crippen LogP) is 1.21. The number of amides is 1. The second kappa shape index (κ2) is 8.91. The summed E-state index contributed by atoms with van der Waals surface area (Å²) in [4.78, 5) is 23.3. The van der Waals surface area contributed by atoms with Crippen molar-refractivity contribution < 1.29 is 14.3 Å². The molecule has 0 bridgehead atoms. The Kier molecular flexibility index (Phi) is 8.37. The molecule has 0 fully saturated rings. The summed E-state index contributed by atoms with van der Waals surface area (Å²) in [6.45, 7) is 5.81. The van der Waals surface area contributed by atoms with Crippen LogP contribution in [-0.2, 0) is 14.3 Å². The second-order valence-electron chi connectivity index (χ2n) is 4.82. The molecule has 3 unspecified atom stereocenters. The predicted molar refractivity (Wildman–Crippen MR) is 70.9 cm³/mol. The van der Waals surface area contributed by atoms with Crippen LogP contribution in [0.2, 0.25) is 0 Å². The SMILES string of the molecule is CCC(C)C(NC(=O)CCCC(C)N)C(=O)OC. The zero-order valence-corrected chi connectivity index (χ0v) is 11.9. The molecule has 0 aliphatic carbocycles. The molecule has 3 N–H and O–H groups in total. The molecule has 0 aromatic carbocycles. The van der Waals surface area contributed by atoms with Gasteiger partial charge in [0.05, 0.1) is 7.11 Å². The van der Waals surface area contributed by atoms with Crippen molar-refractivity contribution in [1.82, 2.24) is 5.32 Å². The molecule has 0 aromatic heterocycles. The summed E-state index contributed by atoms with van der Waals surface area (Å²) < 4.78 is 4.71. The van der Waals surface area contributed by atoms with Gasteiger partial charge in [-0.15, -0.1) is 0 Å². The van der Waals surface area contributed by atoms with Crippen molar-refractivity contribution in [3.8, 4) is 0 Å². The van der Waals surface area contributed by atoms with Crippen molar-refractivity contribution in [2.24, 2.45) is 11.7 Å². The van der Waals surface area contributed by atoms with Gasteiger partial charge in [-0.3, -0.25) is 4.79 Å². The molecule has 0 rings (SSSR count). The van der Waals surface area contributed by atoms with Gasteiger partial charge in [-0.25, -0.2) is 4.79 Å². The monoisotopic (exact) mass is 258 g/mol. The van der Waals surface area contributed by atoms with Crippen LogP contribution >= 0.6 is 0 Å². The largest absolute Gasteiger partial charge is 0.467 e. The Bertz CT molecular complexity index is 267. The van der Waals surface area contributed by atoms with Gasteiger partial charge < -0.3 is 15.8 Å². The first-order chi connectivity index (χ1) is 8.42. The number of hydrogen-bond donors (Lipinski definition) is 2. The molecule has 0 aromatic rings. The van der Waals surface area contributed by atoms with Crippen LogP contribution in [0.15, 0.2) is 0 Å². The standard InChI is InChI=1S/C13H26N2O3/c1-5-9(2)12(13(17)18-4)15-11(16)8-6-7-10(3)14/h9-10,12H,5-8,14H2,1-4H3,(H,15,16). The number of hydrogen-bond acceptors (Lipinski definition) is 4. The fraction of sp³-hybridized carbons (Fsp3) is 0.846. The maximum Gasteiger partial charge on any atom is 0.328 e. The summed E-state index contributed by atoms with van der Waals surface area (Å²) >= 11 is 0. The number of ether oxygens (including phenoxy) is 1. The maximum atomic E-state index is 11.7. The Morgan fingerprint density at radius 3 is 2.39 bits per heavy atom. The molecular formula is C13H26N2O3. The van der Waals surface area contributed by atoms with Gasteiger partial charge in [-0.1, -0.05) is 20.3 Å². The van der Waals surface area contributed by atoms with Gasteiger partial charge in [-0.2, -0.15) is 0 Å². The van der Waals surface area contributed by atoms with Crippen molar-refractivity contribution >= 4 is 11.9 Å². The van der Waals surface area contributed by atoms with Crippen LogP contribution in [-0.4, -0.2) is 31.1 Å². The van der Waals surface area contributed by atoms with E-state index in [0.717, 1.165) is 19.3 Å². The molecule has 1 amide bonds. The highest BCUT2D eigenvalue weighted by Crippen LogP contribution is 2.10. The summed E-state index contributed by atoms with van der Waals surface area (Å²) in [5, 5.41) is 2.74. The highest BCUT2D eigenvalue weighted by Gasteiger charge is 2.26. The van der Waals surface area contributed by atoms with E-state index in [-0.39, 0.29) is 23.8 Å². The lowest BCUT2D eigenvalue weighted by Gasteiger charge is -2.21. The average molecular weight is 258 g/mol. The number of carbonyl (C=O) groups excluding carboxylic acids is 2. The van der Waals surface area contributed by atoms with Crippen LogP contribution in [0.4, 0.5) is 0 Å². The number of rotatable bonds is 8. The summed E-state index contributed by atoms with van der Waals surface area (Å²) in [6, 6.07) is -0.452. The molecule has 0 heterocycles. The van der Waals surface area contributed by atoms with E-state index in [2.05, 4.69) is 5.32 Å². The molecule has 5 nitrogen and oxygen atoms in total. The van der Waals surface area contributed by atoms with E-state index in [1.807, 2.05) is 20.8 Å². The minimum atomic E-state index is -0.553. The van der Waals surface area contributed by atoms with Gasteiger partial charge in [0.1, 0.15) is 6.04 Å². The lowest BCUT2D eigenvalue weighted by molar-refractivity contribution is -0.146. The fourth-order valence-corrected chi connectivity index (χ4v) is 1.63. The lowest BCUT2D eigenvalue weighted by Crippen LogP contribution is -2.45. The molecule has 0 spiro atoms. The molecule has 5 heteroatoms. The van der Waals surface area contributed by atoms with Crippen LogP contribution in [0.25, 0.3) is 0 Å². The van der Waals surface area contributed by atoms with E-state index in [1.165, 1.54) is 7.11 Å². The Hall–Kier alpha value is -1.10. The minimum Gasteiger partial charge on any atom is -0.467 e. The molecule has 0 saturated carbocycles. The summed E-state index contributed by atoms with van der Waals surface area (Å²) in [5.74, 6) is -0.439. The zero-order chi connectivity index (χ0) is 14.1. The Balaban J connectivity index is 4.23. The van der Waals surface area contributed by atoms with Crippen molar-refractivity contribution in [3.63, 3.8) is 0 Å². The number of esters is 1. The van der Waals surface area contributed by atoms with E-state index in [9.17, 15) is 9.59 Å². The summed E-state index contributed by atoms with van der Waals surface area (Å²) in [6.07, 6.45) is 2.74. The molecule has 18 heavy (non-hydrogen) atoms. The van der Waals surface area contributed by atoms with E-state index in [4.69, 9.17) is 10.5 Å². The highest BCUT2D eigenvalue weighted by atomic mass is 16.5. The molecule has 106 valence electrons. The van der Waals surface area contributed by atoms with E-state index >= 15 is 0 Å². The van der Waals surface area contributed by atoms with Crippen molar-refractivity contribution in [3.05, 3.63) is 0 Å². The van der Waals surface area contributed by atoms with Gasteiger partial charge >= 0.3 is 5.97 Å². The van der Waals surface area contributed by atoms with E-state index in [0.29, 0.717) is 6.42 Å². The van der Waals surface area contributed by atoms with Crippen LogP contribution in [0.1, 0.15) is 46.5 Å². The first-order valence-electron chi connectivity index (χ1n) is 6.55. The second-order valence-corrected chi connectivity index (χ2v) is 4.82. The number of nitrogens with one attached hydrogen (secondary N) is 1. The number of carbonyl (C=O) groups is 2. The van der Waals surface area contributed by atoms with Gasteiger partial charge in [0, 0.05) is 12.5 Å². The quantitative estimate of drug-likeness (QED) is 0.641. The Morgan fingerprint density at radius 1 is 1.33 bits per heavy atom. The van der Waals surface area contributed by atoms with Gasteiger partial charge in [0.25, 0.3) is 0 Å². The van der Waals surface area contributed by atoms with Crippen molar-refractivity contribution in [1.29, 1.82) is 0 Å². The third kappa shape index (κ3) is 6.59. The average Bonchev–Trinajstić information content (AvgIpc) is 2.33. The molecule has 0 radical (unpaired) electrons. The Morgan fingerprint density at radius 2 is 1.94 bits per heavy atom. The fourth-order valence-electron chi connectivity index (χ4n) is 1.63.